The zero-order valence-electron chi connectivity index (χ0n) is 15.8. The second kappa shape index (κ2) is 9.34. The van der Waals surface area contributed by atoms with Gasteiger partial charge in [0.25, 0.3) is 5.91 Å². The molecule has 1 amide bonds. The molecule has 8 heteroatoms. The molecule has 1 aliphatic rings. The molecule has 0 spiro atoms. The summed E-state index contributed by atoms with van der Waals surface area (Å²) in [5.41, 5.74) is 0. The van der Waals surface area contributed by atoms with E-state index in [0.29, 0.717) is 45.1 Å². The van der Waals surface area contributed by atoms with E-state index in [0.717, 1.165) is 11.3 Å². The highest BCUT2D eigenvalue weighted by Crippen LogP contribution is 2.19. The highest BCUT2D eigenvalue weighted by Gasteiger charge is 2.31. The summed E-state index contributed by atoms with van der Waals surface area (Å²) >= 11 is 0. The number of carbonyl (C=O) groups is 1. The van der Waals surface area contributed by atoms with Crippen molar-refractivity contribution in [2.45, 2.75) is 38.1 Å². The van der Waals surface area contributed by atoms with Crippen molar-refractivity contribution >= 4 is 15.9 Å². The van der Waals surface area contributed by atoms with Crippen molar-refractivity contribution in [2.75, 3.05) is 39.3 Å². The van der Waals surface area contributed by atoms with E-state index in [9.17, 15) is 13.2 Å². The number of rotatable bonds is 8. The first-order chi connectivity index (χ1) is 12.4. The third-order valence-corrected chi connectivity index (χ3v) is 6.55. The van der Waals surface area contributed by atoms with Crippen molar-refractivity contribution in [1.82, 2.24) is 9.62 Å². The Balaban J connectivity index is 1.90. The molecule has 2 rings (SSSR count). The predicted octanol–water partition coefficient (Wildman–Crippen LogP) is -0.111. The minimum atomic E-state index is -3.50. The smallest absolute Gasteiger partial charge is 0.275 e. The van der Waals surface area contributed by atoms with E-state index >= 15 is 0 Å². The summed E-state index contributed by atoms with van der Waals surface area (Å²) in [5.74, 6) is 0.685. The van der Waals surface area contributed by atoms with Gasteiger partial charge in [0, 0.05) is 6.04 Å². The zero-order chi connectivity index (χ0) is 19.2. The SMILES string of the molecule is CCOc1ccc(S(=O)(=O)N2CC[NH+](CC(=O)N[C@H](C)CC)CC2)cc1. The van der Waals surface area contributed by atoms with Gasteiger partial charge in [-0.1, -0.05) is 6.92 Å². The van der Waals surface area contributed by atoms with Crippen molar-refractivity contribution in [3.8, 4) is 5.75 Å². The lowest BCUT2D eigenvalue weighted by atomic mass is 10.2. The number of quaternary nitrogens is 1. The first-order valence-corrected chi connectivity index (χ1v) is 10.7. The van der Waals surface area contributed by atoms with Crippen molar-refractivity contribution < 1.29 is 22.8 Å². The van der Waals surface area contributed by atoms with Crippen LogP contribution in [0.25, 0.3) is 0 Å². The van der Waals surface area contributed by atoms with E-state index in [-0.39, 0.29) is 16.8 Å². The Morgan fingerprint density at radius 1 is 1.23 bits per heavy atom. The Bertz CT molecular complexity index is 683. The Kier molecular flexibility index (Phi) is 7.43. The number of hydrogen-bond donors (Lipinski definition) is 2. The van der Waals surface area contributed by atoms with Crippen LogP contribution < -0.4 is 15.0 Å². The monoisotopic (exact) mass is 384 g/mol. The van der Waals surface area contributed by atoms with Crippen LogP contribution in [-0.2, 0) is 14.8 Å². The molecule has 0 aromatic heterocycles. The van der Waals surface area contributed by atoms with Crippen LogP contribution in [0.5, 0.6) is 5.75 Å². The third kappa shape index (κ3) is 5.43. The molecule has 0 aliphatic carbocycles. The van der Waals surface area contributed by atoms with Crippen molar-refractivity contribution in [3.05, 3.63) is 24.3 Å². The van der Waals surface area contributed by atoms with E-state index in [1.807, 2.05) is 20.8 Å². The Morgan fingerprint density at radius 3 is 2.38 bits per heavy atom. The van der Waals surface area contributed by atoms with Crippen molar-refractivity contribution in [1.29, 1.82) is 0 Å². The molecule has 1 aliphatic heterocycles. The summed E-state index contributed by atoms with van der Waals surface area (Å²) in [6, 6.07) is 6.69. The molecule has 2 N–H and O–H groups in total. The maximum Gasteiger partial charge on any atom is 0.275 e. The van der Waals surface area contributed by atoms with Gasteiger partial charge in [-0.15, -0.1) is 0 Å². The average Bonchev–Trinajstić information content (AvgIpc) is 2.62. The molecule has 1 fully saturated rings. The number of amides is 1. The maximum absolute atomic E-state index is 12.8. The van der Waals surface area contributed by atoms with Crippen molar-refractivity contribution in [3.63, 3.8) is 0 Å². The van der Waals surface area contributed by atoms with E-state index in [2.05, 4.69) is 5.32 Å². The zero-order valence-corrected chi connectivity index (χ0v) is 16.6. The summed E-state index contributed by atoms with van der Waals surface area (Å²) in [5, 5.41) is 2.96. The van der Waals surface area contributed by atoms with Gasteiger partial charge in [-0.2, -0.15) is 4.31 Å². The quantitative estimate of drug-likeness (QED) is 0.655. The first-order valence-electron chi connectivity index (χ1n) is 9.22. The van der Waals surface area contributed by atoms with Crippen molar-refractivity contribution in [2.24, 2.45) is 0 Å². The van der Waals surface area contributed by atoms with Crippen LogP contribution in [0, 0.1) is 0 Å². The Hall–Kier alpha value is -1.64. The highest BCUT2D eigenvalue weighted by molar-refractivity contribution is 7.89. The Morgan fingerprint density at radius 2 is 1.85 bits per heavy atom. The number of hydrogen-bond acceptors (Lipinski definition) is 4. The van der Waals surface area contributed by atoms with Crippen LogP contribution in [0.15, 0.2) is 29.2 Å². The molecule has 1 saturated heterocycles. The molecule has 0 bridgehead atoms. The standard InChI is InChI=1S/C18H29N3O4S/c1-4-15(3)19-18(22)14-20-10-12-21(13-11-20)26(23,24)17-8-6-16(7-9-17)25-5-2/h6-9,15H,4-5,10-14H2,1-3H3,(H,19,22)/p+1/t15-/m1/s1. The fourth-order valence-corrected chi connectivity index (χ4v) is 4.34. The highest BCUT2D eigenvalue weighted by atomic mass is 32.2. The van der Waals surface area contributed by atoms with Crippen LogP contribution in [0.1, 0.15) is 27.2 Å². The first kappa shape index (κ1) is 20.7. The lowest BCUT2D eigenvalue weighted by molar-refractivity contribution is -0.895. The maximum atomic E-state index is 12.8. The molecule has 7 nitrogen and oxygen atoms in total. The van der Waals surface area contributed by atoms with Gasteiger partial charge in [0.1, 0.15) is 5.75 Å². The summed E-state index contributed by atoms with van der Waals surface area (Å²) in [6.45, 7) is 8.92. The molecule has 1 heterocycles. The lowest BCUT2D eigenvalue weighted by Gasteiger charge is -2.31. The summed E-state index contributed by atoms with van der Waals surface area (Å²) < 4.78 is 32.4. The molecule has 1 atom stereocenters. The molecular formula is C18H30N3O4S+. The predicted molar refractivity (Wildman–Crippen MR) is 99.8 cm³/mol. The van der Waals surface area contributed by atoms with Gasteiger partial charge in [-0.3, -0.25) is 4.79 Å². The minimum Gasteiger partial charge on any atom is -0.494 e. The molecule has 1 aromatic carbocycles. The molecule has 146 valence electrons. The van der Waals surface area contributed by atoms with E-state index < -0.39 is 10.0 Å². The number of ether oxygens (including phenoxy) is 1. The molecular weight excluding hydrogens is 354 g/mol. The molecule has 0 unspecified atom stereocenters. The normalized spacial score (nSPS) is 17.7. The molecule has 0 radical (unpaired) electrons. The average molecular weight is 385 g/mol. The van der Waals surface area contributed by atoms with Crippen LogP contribution in [0.2, 0.25) is 0 Å². The van der Waals surface area contributed by atoms with Gasteiger partial charge in [-0.05, 0) is 44.5 Å². The number of nitrogens with zero attached hydrogens (tertiary/aromatic N) is 1. The Labute approximate surface area is 156 Å². The van der Waals surface area contributed by atoms with E-state index in [1.165, 1.54) is 4.31 Å². The van der Waals surface area contributed by atoms with Gasteiger partial charge in [0.15, 0.2) is 6.54 Å². The number of piperazine rings is 1. The van der Waals surface area contributed by atoms with Gasteiger partial charge >= 0.3 is 0 Å². The van der Waals surface area contributed by atoms with Crippen LogP contribution in [0.3, 0.4) is 0 Å². The van der Waals surface area contributed by atoms with Crippen LogP contribution in [0.4, 0.5) is 0 Å². The number of benzene rings is 1. The van der Waals surface area contributed by atoms with Gasteiger partial charge in [0.05, 0.1) is 37.7 Å². The summed E-state index contributed by atoms with van der Waals surface area (Å²) in [7, 11) is -3.50. The van der Waals surface area contributed by atoms with E-state index in [1.54, 1.807) is 24.3 Å². The minimum absolute atomic E-state index is 0.0252. The topological polar surface area (TPSA) is 80.2 Å². The fraction of sp³-hybridized carbons (Fsp3) is 0.611. The third-order valence-electron chi connectivity index (χ3n) is 4.63. The second-order valence-corrected chi connectivity index (χ2v) is 8.55. The molecule has 1 aromatic rings. The van der Waals surface area contributed by atoms with Crippen LogP contribution >= 0.6 is 0 Å². The van der Waals surface area contributed by atoms with Gasteiger partial charge in [0.2, 0.25) is 10.0 Å². The fourth-order valence-electron chi connectivity index (χ4n) is 2.90. The molecule has 26 heavy (non-hydrogen) atoms. The summed E-state index contributed by atoms with van der Waals surface area (Å²) in [4.78, 5) is 13.4. The number of sulfonamides is 1. The van der Waals surface area contributed by atoms with Gasteiger partial charge < -0.3 is 15.0 Å². The number of nitrogens with one attached hydrogen (secondary N) is 2. The molecule has 0 saturated carbocycles. The van der Waals surface area contributed by atoms with E-state index in [4.69, 9.17) is 4.74 Å². The lowest BCUT2D eigenvalue weighted by Crippen LogP contribution is -3.15. The summed E-state index contributed by atoms with van der Waals surface area (Å²) in [6.07, 6.45) is 0.898. The van der Waals surface area contributed by atoms with Crippen LogP contribution in [-0.4, -0.2) is 64.0 Å². The second-order valence-electron chi connectivity index (χ2n) is 6.61. The van der Waals surface area contributed by atoms with Gasteiger partial charge in [-0.25, -0.2) is 8.42 Å². The number of carbonyl (C=O) groups excluding carboxylic acids is 1. The largest absolute Gasteiger partial charge is 0.494 e.